The van der Waals surface area contributed by atoms with E-state index in [-0.39, 0.29) is 0 Å². The van der Waals surface area contributed by atoms with Crippen LogP contribution in [0.5, 0.6) is 0 Å². The fourth-order valence-corrected chi connectivity index (χ4v) is 4.27. The van der Waals surface area contributed by atoms with Gasteiger partial charge in [0, 0.05) is 50.4 Å². The van der Waals surface area contributed by atoms with Gasteiger partial charge in [0.15, 0.2) is 5.13 Å². The fraction of sp³-hybridized carbons (Fsp3) is 0.765. The van der Waals surface area contributed by atoms with Crippen LogP contribution in [0.25, 0.3) is 0 Å². The Hall–Kier alpha value is -1.14. The average Bonchev–Trinajstić information content (AvgIpc) is 2.96. The lowest BCUT2D eigenvalue weighted by atomic mass is 10.1. The molecule has 0 unspecified atom stereocenters. The zero-order valence-corrected chi connectivity index (χ0v) is 15.4. The molecular weight excluding hydrogens is 308 g/mol. The van der Waals surface area contributed by atoms with Gasteiger partial charge in [-0.15, -0.1) is 0 Å². The van der Waals surface area contributed by atoms with Crippen molar-refractivity contribution in [1.82, 2.24) is 14.8 Å². The molecule has 0 N–H and O–H groups in total. The van der Waals surface area contributed by atoms with Crippen LogP contribution >= 0.6 is 11.3 Å². The number of likely N-dealkylation sites (N-methyl/N-ethyl adjacent to an activating group) is 1. The highest BCUT2D eigenvalue weighted by molar-refractivity contribution is 7.15. The van der Waals surface area contributed by atoms with Crippen molar-refractivity contribution in [3.05, 3.63) is 10.6 Å². The van der Waals surface area contributed by atoms with E-state index in [4.69, 9.17) is 4.98 Å². The number of anilines is 1. The van der Waals surface area contributed by atoms with E-state index in [2.05, 4.69) is 30.7 Å². The van der Waals surface area contributed by atoms with Gasteiger partial charge in [0.1, 0.15) is 0 Å². The van der Waals surface area contributed by atoms with Gasteiger partial charge in [-0.2, -0.15) is 0 Å². The zero-order chi connectivity index (χ0) is 16.4. The summed E-state index contributed by atoms with van der Waals surface area (Å²) < 4.78 is 0. The summed E-state index contributed by atoms with van der Waals surface area (Å²) >= 11 is 1.79. The third-order valence-corrected chi connectivity index (χ3v) is 5.93. The molecule has 5 nitrogen and oxygen atoms in total. The Balaban J connectivity index is 1.61. The molecule has 6 heteroatoms. The Labute approximate surface area is 143 Å². The first-order valence-electron chi connectivity index (χ1n) is 8.72. The Morgan fingerprint density at radius 3 is 2.65 bits per heavy atom. The monoisotopic (exact) mass is 336 g/mol. The van der Waals surface area contributed by atoms with E-state index in [0.717, 1.165) is 57.2 Å². The Bertz CT molecular complexity index is 549. The van der Waals surface area contributed by atoms with E-state index in [9.17, 15) is 4.79 Å². The molecule has 0 aromatic carbocycles. The lowest BCUT2D eigenvalue weighted by Gasteiger charge is -2.32. The lowest BCUT2D eigenvalue weighted by molar-refractivity contribution is -0.132. The second-order valence-electron chi connectivity index (χ2n) is 7.15. The van der Waals surface area contributed by atoms with Crippen LogP contribution in [-0.2, 0) is 17.8 Å². The summed E-state index contributed by atoms with van der Waals surface area (Å²) in [7, 11) is 2.17. The Kier molecular flexibility index (Phi) is 5.21. The SMILES string of the molecule is CC(C)CCC(=O)N1CCc2nc(N3CCN(C)CC3)sc2C1. The minimum atomic E-state index is 0.305. The Morgan fingerprint density at radius 1 is 1.22 bits per heavy atom. The van der Waals surface area contributed by atoms with Crippen LogP contribution in [0.15, 0.2) is 0 Å². The van der Waals surface area contributed by atoms with Gasteiger partial charge in [-0.25, -0.2) is 4.98 Å². The van der Waals surface area contributed by atoms with Gasteiger partial charge in [-0.05, 0) is 19.4 Å². The van der Waals surface area contributed by atoms with Gasteiger partial charge in [0.25, 0.3) is 0 Å². The highest BCUT2D eigenvalue weighted by Crippen LogP contribution is 2.31. The number of hydrogen-bond acceptors (Lipinski definition) is 5. The molecule has 0 aliphatic carbocycles. The molecule has 128 valence electrons. The number of piperazine rings is 1. The van der Waals surface area contributed by atoms with Crippen molar-refractivity contribution < 1.29 is 4.79 Å². The summed E-state index contributed by atoms with van der Waals surface area (Å²) in [4.78, 5) is 25.3. The Morgan fingerprint density at radius 2 is 1.96 bits per heavy atom. The second-order valence-corrected chi connectivity index (χ2v) is 8.22. The molecule has 3 heterocycles. The van der Waals surface area contributed by atoms with Gasteiger partial charge >= 0.3 is 0 Å². The minimum Gasteiger partial charge on any atom is -0.346 e. The number of rotatable bonds is 4. The summed E-state index contributed by atoms with van der Waals surface area (Å²) in [6, 6.07) is 0. The second kappa shape index (κ2) is 7.18. The maximum Gasteiger partial charge on any atom is 0.222 e. The molecule has 0 saturated carbocycles. The van der Waals surface area contributed by atoms with E-state index in [1.807, 2.05) is 4.90 Å². The van der Waals surface area contributed by atoms with Crippen LogP contribution in [0.2, 0.25) is 0 Å². The van der Waals surface area contributed by atoms with E-state index in [1.54, 1.807) is 11.3 Å². The third-order valence-electron chi connectivity index (χ3n) is 4.78. The summed E-state index contributed by atoms with van der Waals surface area (Å²) in [5, 5.41) is 1.15. The van der Waals surface area contributed by atoms with E-state index in [1.165, 1.54) is 10.6 Å². The number of hydrogen-bond donors (Lipinski definition) is 0. The third kappa shape index (κ3) is 4.04. The molecule has 0 radical (unpaired) electrons. The molecule has 0 spiro atoms. The number of aromatic nitrogens is 1. The molecule has 3 rings (SSSR count). The smallest absolute Gasteiger partial charge is 0.222 e. The standard InChI is InChI=1S/C17H28N4OS/c1-13(2)4-5-16(22)21-7-6-14-15(12-21)23-17(18-14)20-10-8-19(3)9-11-20/h13H,4-12H2,1-3H3. The van der Waals surface area contributed by atoms with Crippen LogP contribution in [0, 0.1) is 5.92 Å². The van der Waals surface area contributed by atoms with Crippen molar-refractivity contribution in [2.75, 3.05) is 44.7 Å². The van der Waals surface area contributed by atoms with Crippen molar-refractivity contribution >= 4 is 22.4 Å². The number of thiazole rings is 1. The summed E-state index contributed by atoms with van der Waals surface area (Å²) in [6.45, 7) is 10.3. The highest BCUT2D eigenvalue weighted by atomic mass is 32.1. The number of nitrogens with zero attached hydrogens (tertiary/aromatic N) is 4. The molecule has 2 aliphatic heterocycles. The van der Waals surface area contributed by atoms with Gasteiger partial charge in [-0.1, -0.05) is 25.2 Å². The van der Waals surface area contributed by atoms with Crippen LogP contribution < -0.4 is 4.90 Å². The minimum absolute atomic E-state index is 0.305. The first kappa shape index (κ1) is 16.7. The molecule has 2 aliphatic rings. The molecule has 0 atom stereocenters. The number of carbonyl (C=O) groups excluding carboxylic acids is 1. The predicted octanol–water partition coefficient (Wildman–Crippen LogP) is 2.22. The zero-order valence-electron chi connectivity index (χ0n) is 14.5. The molecule has 1 aromatic heterocycles. The van der Waals surface area contributed by atoms with Crippen LogP contribution in [0.4, 0.5) is 5.13 Å². The molecule has 1 aromatic rings. The van der Waals surface area contributed by atoms with Crippen LogP contribution in [0.3, 0.4) is 0 Å². The predicted molar refractivity (Wildman–Crippen MR) is 95.0 cm³/mol. The largest absolute Gasteiger partial charge is 0.346 e. The van der Waals surface area contributed by atoms with Gasteiger partial charge < -0.3 is 14.7 Å². The molecule has 1 fully saturated rings. The van der Waals surface area contributed by atoms with Crippen molar-refractivity contribution in [1.29, 1.82) is 0 Å². The summed E-state index contributed by atoms with van der Waals surface area (Å²) in [5.74, 6) is 0.894. The maximum absolute atomic E-state index is 12.4. The first-order chi connectivity index (χ1) is 11.0. The van der Waals surface area contributed by atoms with Crippen molar-refractivity contribution in [3.63, 3.8) is 0 Å². The lowest BCUT2D eigenvalue weighted by Crippen LogP contribution is -2.44. The van der Waals surface area contributed by atoms with Crippen LogP contribution in [0.1, 0.15) is 37.3 Å². The average molecular weight is 337 g/mol. The maximum atomic E-state index is 12.4. The van der Waals surface area contributed by atoms with Crippen molar-refractivity contribution in [2.24, 2.45) is 5.92 Å². The van der Waals surface area contributed by atoms with Gasteiger partial charge in [0.2, 0.25) is 5.91 Å². The number of carbonyl (C=O) groups is 1. The quantitative estimate of drug-likeness (QED) is 0.845. The highest BCUT2D eigenvalue weighted by Gasteiger charge is 2.26. The molecule has 1 amide bonds. The first-order valence-corrected chi connectivity index (χ1v) is 9.54. The van der Waals surface area contributed by atoms with Gasteiger partial charge in [-0.3, -0.25) is 4.79 Å². The van der Waals surface area contributed by atoms with E-state index >= 15 is 0 Å². The molecule has 23 heavy (non-hydrogen) atoms. The molecular formula is C17H28N4OS. The topological polar surface area (TPSA) is 39.7 Å². The number of amides is 1. The van der Waals surface area contributed by atoms with Crippen LogP contribution in [-0.4, -0.2) is 60.5 Å². The molecule has 1 saturated heterocycles. The van der Waals surface area contributed by atoms with E-state index in [0.29, 0.717) is 18.2 Å². The van der Waals surface area contributed by atoms with Crippen molar-refractivity contribution in [2.45, 2.75) is 39.7 Å². The fourth-order valence-electron chi connectivity index (χ4n) is 3.10. The summed E-state index contributed by atoms with van der Waals surface area (Å²) in [6.07, 6.45) is 2.57. The molecule has 0 bridgehead atoms. The normalized spacial score (nSPS) is 19.3. The summed E-state index contributed by atoms with van der Waals surface area (Å²) in [5.41, 5.74) is 1.22. The van der Waals surface area contributed by atoms with E-state index < -0.39 is 0 Å². The van der Waals surface area contributed by atoms with Gasteiger partial charge in [0.05, 0.1) is 12.2 Å². The van der Waals surface area contributed by atoms with Crippen molar-refractivity contribution in [3.8, 4) is 0 Å². The number of fused-ring (bicyclic) bond motifs is 1.